The van der Waals surface area contributed by atoms with Crippen LogP contribution in [0.3, 0.4) is 0 Å². The zero-order valence-electron chi connectivity index (χ0n) is 10.6. The molecule has 0 fully saturated rings. The summed E-state index contributed by atoms with van der Waals surface area (Å²) in [6, 6.07) is 7.67. The average Bonchev–Trinajstić information content (AvgIpc) is 2.73. The second kappa shape index (κ2) is 4.45. The predicted molar refractivity (Wildman–Crippen MR) is 73.2 cm³/mol. The van der Waals surface area contributed by atoms with Gasteiger partial charge < -0.3 is 10.1 Å². The fraction of sp³-hybridized carbons (Fsp3) is 0.0667. The summed E-state index contributed by atoms with van der Waals surface area (Å²) in [7, 11) is 0. The maximum Gasteiger partial charge on any atom is 0.337 e. The highest BCUT2D eigenvalue weighted by molar-refractivity contribution is 5.97. The van der Waals surface area contributed by atoms with Crippen LogP contribution >= 0.6 is 0 Å². The van der Waals surface area contributed by atoms with E-state index in [1.165, 1.54) is 24.4 Å². The van der Waals surface area contributed by atoms with Crippen LogP contribution in [0.1, 0.15) is 16.1 Å². The van der Waals surface area contributed by atoms with Crippen LogP contribution in [0, 0.1) is 12.7 Å². The number of carbonyl (C=O) groups is 1. The number of pyridine rings is 1. The van der Waals surface area contributed by atoms with Gasteiger partial charge in [-0.15, -0.1) is 0 Å². The molecule has 0 spiro atoms. The summed E-state index contributed by atoms with van der Waals surface area (Å²) in [4.78, 5) is 18.1. The first-order chi connectivity index (χ1) is 9.56. The minimum Gasteiger partial charge on any atom is -0.478 e. The lowest BCUT2D eigenvalue weighted by Crippen LogP contribution is -1.97. The van der Waals surface area contributed by atoms with Crippen molar-refractivity contribution in [2.75, 3.05) is 0 Å². The van der Waals surface area contributed by atoms with Gasteiger partial charge in [-0.25, -0.2) is 9.18 Å². The van der Waals surface area contributed by atoms with Gasteiger partial charge in [0.1, 0.15) is 5.82 Å². The third-order valence-corrected chi connectivity index (χ3v) is 3.21. The minimum absolute atomic E-state index is 0.136. The molecule has 0 amide bonds. The Kier molecular flexibility index (Phi) is 2.75. The standard InChI is InChI=1S/C15H11FN2O2/c1-8-14(11-4-3-10(16)6-13(11)18-8)12-5-2-9(7-17-12)15(19)20/h2-7,18H,1H3,(H,19,20). The number of H-pyrrole nitrogens is 1. The summed E-state index contributed by atoms with van der Waals surface area (Å²) < 4.78 is 13.2. The molecule has 0 aliphatic heterocycles. The fourth-order valence-corrected chi connectivity index (χ4v) is 2.30. The van der Waals surface area contributed by atoms with Gasteiger partial charge in [0.15, 0.2) is 0 Å². The van der Waals surface area contributed by atoms with Crippen molar-refractivity contribution >= 4 is 16.9 Å². The lowest BCUT2D eigenvalue weighted by molar-refractivity contribution is 0.0696. The van der Waals surface area contributed by atoms with E-state index in [2.05, 4.69) is 9.97 Å². The summed E-state index contributed by atoms with van der Waals surface area (Å²) in [6.07, 6.45) is 1.32. The summed E-state index contributed by atoms with van der Waals surface area (Å²) in [6.45, 7) is 1.88. The first kappa shape index (κ1) is 12.3. The Hall–Kier alpha value is -2.69. The molecule has 0 saturated carbocycles. The zero-order valence-corrected chi connectivity index (χ0v) is 10.6. The van der Waals surface area contributed by atoms with E-state index < -0.39 is 5.97 Å². The third-order valence-electron chi connectivity index (χ3n) is 3.21. The van der Waals surface area contributed by atoms with E-state index in [1.54, 1.807) is 12.1 Å². The van der Waals surface area contributed by atoms with Crippen LogP contribution in [0.15, 0.2) is 36.5 Å². The van der Waals surface area contributed by atoms with E-state index in [4.69, 9.17) is 5.11 Å². The Bertz CT molecular complexity index is 807. The van der Waals surface area contributed by atoms with Crippen molar-refractivity contribution in [3.8, 4) is 11.3 Å². The van der Waals surface area contributed by atoms with E-state index >= 15 is 0 Å². The molecule has 2 aromatic heterocycles. The van der Waals surface area contributed by atoms with Gasteiger partial charge in [-0.3, -0.25) is 4.98 Å². The first-order valence-electron chi connectivity index (χ1n) is 6.04. The van der Waals surface area contributed by atoms with Gasteiger partial charge in [0.2, 0.25) is 0 Å². The smallest absolute Gasteiger partial charge is 0.337 e. The second-order valence-corrected chi connectivity index (χ2v) is 4.55. The number of aromatic nitrogens is 2. The lowest BCUT2D eigenvalue weighted by Gasteiger charge is -2.02. The lowest BCUT2D eigenvalue weighted by atomic mass is 10.1. The summed E-state index contributed by atoms with van der Waals surface area (Å²) in [5.74, 6) is -1.32. The minimum atomic E-state index is -1.01. The number of nitrogens with one attached hydrogen (secondary N) is 1. The van der Waals surface area contributed by atoms with Gasteiger partial charge in [0.25, 0.3) is 0 Å². The van der Waals surface area contributed by atoms with E-state index in [9.17, 15) is 9.18 Å². The van der Waals surface area contributed by atoms with Gasteiger partial charge in [-0.1, -0.05) is 0 Å². The quantitative estimate of drug-likeness (QED) is 0.750. The number of rotatable bonds is 2. The maximum absolute atomic E-state index is 13.2. The maximum atomic E-state index is 13.2. The summed E-state index contributed by atoms with van der Waals surface area (Å²) >= 11 is 0. The highest BCUT2D eigenvalue weighted by Gasteiger charge is 2.13. The van der Waals surface area contributed by atoms with Crippen molar-refractivity contribution in [2.45, 2.75) is 6.92 Å². The number of halogens is 1. The molecule has 3 rings (SSSR count). The number of carboxylic acids is 1. The Morgan fingerprint density at radius 3 is 2.75 bits per heavy atom. The molecule has 0 radical (unpaired) electrons. The Morgan fingerprint density at radius 1 is 1.30 bits per heavy atom. The zero-order chi connectivity index (χ0) is 14.3. The Labute approximate surface area is 113 Å². The van der Waals surface area contributed by atoms with Crippen LogP contribution in [0.5, 0.6) is 0 Å². The van der Waals surface area contributed by atoms with Crippen molar-refractivity contribution in [2.24, 2.45) is 0 Å². The van der Waals surface area contributed by atoms with Crippen LogP contribution < -0.4 is 0 Å². The molecule has 100 valence electrons. The average molecular weight is 270 g/mol. The fourth-order valence-electron chi connectivity index (χ4n) is 2.30. The highest BCUT2D eigenvalue weighted by atomic mass is 19.1. The largest absolute Gasteiger partial charge is 0.478 e. The van der Waals surface area contributed by atoms with Crippen LogP contribution in [0.2, 0.25) is 0 Å². The monoisotopic (exact) mass is 270 g/mol. The number of aryl methyl sites for hydroxylation is 1. The molecule has 0 aliphatic carbocycles. The molecule has 5 heteroatoms. The van der Waals surface area contributed by atoms with E-state index in [1.807, 2.05) is 6.92 Å². The number of nitrogens with zero attached hydrogens (tertiary/aromatic N) is 1. The topological polar surface area (TPSA) is 66.0 Å². The number of aromatic amines is 1. The molecule has 3 aromatic rings. The number of carboxylic acid groups (broad SMARTS) is 1. The number of hydrogen-bond acceptors (Lipinski definition) is 2. The molecule has 4 nitrogen and oxygen atoms in total. The molecule has 0 bridgehead atoms. The molecule has 20 heavy (non-hydrogen) atoms. The molecule has 0 atom stereocenters. The van der Waals surface area contributed by atoms with Crippen LogP contribution in [-0.2, 0) is 0 Å². The van der Waals surface area contributed by atoms with Crippen molar-refractivity contribution in [1.82, 2.24) is 9.97 Å². The molecule has 2 heterocycles. The van der Waals surface area contributed by atoms with Crippen molar-refractivity contribution in [3.63, 3.8) is 0 Å². The van der Waals surface area contributed by atoms with Gasteiger partial charge >= 0.3 is 5.97 Å². The van der Waals surface area contributed by atoms with Gasteiger partial charge in [-0.05, 0) is 37.3 Å². The van der Waals surface area contributed by atoms with Gasteiger partial charge in [-0.2, -0.15) is 0 Å². The predicted octanol–water partition coefficient (Wildman–Crippen LogP) is 3.38. The summed E-state index contributed by atoms with van der Waals surface area (Å²) in [5, 5.41) is 9.74. The van der Waals surface area contributed by atoms with Crippen molar-refractivity contribution in [3.05, 3.63) is 53.6 Å². The number of fused-ring (bicyclic) bond motifs is 1. The van der Waals surface area contributed by atoms with E-state index in [-0.39, 0.29) is 11.4 Å². The summed E-state index contributed by atoms with van der Waals surface area (Å²) in [5.41, 5.74) is 3.21. The van der Waals surface area contributed by atoms with Crippen LogP contribution in [0.25, 0.3) is 22.2 Å². The molecule has 0 aliphatic rings. The van der Waals surface area contributed by atoms with Gasteiger partial charge in [0, 0.05) is 28.4 Å². The molecule has 0 unspecified atom stereocenters. The van der Waals surface area contributed by atoms with Gasteiger partial charge in [0.05, 0.1) is 11.3 Å². The Morgan fingerprint density at radius 2 is 2.10 bits per heavy atom. The first-order valence-corrected chi connectivity index (χ1v) is 6.04. The SMILES string of the molecule is Cc1[nH]c2cc(F)ccc2c1-c1ccc(C(=O)O)cn1. The number of hydrogen-bond donors (Lipinski definition) is 2. The van der Waals surface area contributed by atoms with E-state index in [0.717, 1.165) is 16.6 Å². The molecular formula is C15H11FN2O2. The second-order valence-electron chi connectivity index (χ2n) is 4.55. The molecule has 1 aromatic carbocycles. The molecule has 2 N–H and O–H groups in total. The van der Waals surface area contributed by atoms with Crippen molar-refractivity contribution < 1.29 is 14.3 Å². The van der Waals surface area contributed by atoms with Crippen molar-refractivity contribution in [1.29, 1.82) is 0 Å². The molecular weight excluding hydrogens is 259 g/mol. The Balaban J connectivity index is 2.18. The number of aromatic carboxylic acids is 1. The normalized spacial score (nSPS) is 10.9. The van der Waals surface area contributed by atoms with Crippen LogP contribution in [0.4, 0.5) is 4.39 Å². The highest BCUT2D eigenvalue weighted by Crippen LogP contribution is 2.31. The third kappa shape index (κ3) is 1.93. The number of benzene rings is 1. The molecule has 0 saturated heterocycles. The van der Waals surface area contributed by atoms with E-state index in [0.29, 0.717) is 11.2 Å². The van der Waals surface area contributed by atoms with Crippen LogP contribution in [-0.4, -0.2) is 21.0 Å².